The van der Waals surface area contributed by atoms with Gasteiger partial charge < -0.3 is 9.84 Å². The zero-order chi connectivity index (χ0) is 8.97. The minimum atomic E-state index is -0.893. The summed E-state index contributed by atoms with van der Waals surface area (Å²) in [5.41, 5.74) is 0. The zero-order valence-corrected chi connectivity index (χ0v) is 7.45. The fourth-order valence-corrected chi connectivity index (χ4v) is 1.76. The maximum Gasteiger partial charge on any atom is 0.334 e. The average molecular weight is 172 g/mol. The van der Waals surface area contributed by atoms with Crippen molar-refractivity contribution < 1.29 is 14.6 Å². The lowest BCUT2D eigenvalue weighted by Gasteiger charge is -2.24. The molecule has 0 heterocycles. The number of hydrogen-bond acceptors (Lipinski definition) is 3. The molecule has 0 radical (unpaired) electrons. The van der Waals surface area contributed by atoms with E-state index in [0.717, 1.165) is 25.7 Å². The second-order valence-corrected chi connectivity index (χ2v) is 3.37. The molecule has 1 rings (SSSR count). The molecule has 3 heteroatoms. The van der Waals surface area contributed by atoms with Crippen LogP contribution in [0.4, 0.5) is 0 Å². The predicted molar refractivity (Wildman–Crippen MR) is 44.6 cm³/mol. The SMILES string of the molecule is COC(=O)C(O)C1CCCCC1. The Labute approximate surface area is 72.7 Å². The Morgan fingerprint density at radius 1 is 1.42 bits per heavy atom. The number of aliphatic hydroxyl groups is 1. The molecular weight excluding hydrogens is 156 g/mol. The van der Waals surface area contributed by atoms with Gasteiger partial charge in [0.05, 0.1) is 7.11 Å². The molecular formula is C9H16O3. The van der Waals surface area contributed by atoms with Gasteiger partial charge in [0.1, 0.15) is 0 Å². The summed E-state index contributed by atoms with van der Waals surface area (Å²) in [5.74, 6) is -0.354. The monoisotopic (exact) mass is 172 g/mol. The van der Waals surface area contributed by atoms with Crippen molar-refractivity contribution in [1.29, 1.82) is 0 Å². The average Bonchev–Trinajstić information content (AvgIpc) is 2.17. The fourth-order valence-electron chi connectivity index (χ4n) is 1.76. The van der Waals surface area contributed by atoms with E-state index in [0.29, 0.717) is 0 Å². The standard InChI is InChI=1S/C9H16O3/c1-12-9(11)8(10)7-5-3-2-4-6-7/h7-8,10H,2-6H2,1H3. The van der Waals surface area contributed by atoms with Gasteiger partial charge in [0.25, 0.3) is 0 Å². The Balaban J connectivity index is 2.39. The molecule has 1 saturated carbocycles. The van der Waals surface area contributed by atoms with Crippen molar-refractivity contribution in [2.75, 3.05) is 7.11 Å². The second kappa shape index (κ2) is 4.45. The van der Waals surface area contributed by atoms with Crippen LogP contribution < -0.4 is 0 Å². The first kappa shape index (κ1) is 9.52. The van der Waals surface area contributed by atoms with E-state index in [1.54, 1.807) is 0 Å². The molecule has 70 valence electrons. The summed E-state index contributed by atoms with van der Waals surface area (Å²) in [6.07, 6.45) is 4.49. The Morgan fingerprint density at radius 3 is 2.50 bits per heavy atom. The van der Waals surface area contributed by atoms with E-state index in [2.05, 4.69) is 4.74 Å². The molecule has 12 heavy (non-hydrogen) atoms. The molecule has 1 aliphatic carbocycles. The van der Waals surface area contributed by atoms with Crippen molar-refractivity contribution >= 4 is 5.97 Å². The lowest BCUT2D eigenvalue weighted by molar-refractivity contribution is -0.154. The zero-order valence-electron chi connectivity index (χ0n) is 7.45. The minimum absolute atomic E-state index is 0.131. The topological polar surface area (TPSA) is 46.5 Å². The van der Waals surface area contributed by atoms with Gasteiger partial charge in [-0.05, 0) is 18.8 Å². The van der Waals surface area contributed by atoms with E-state index in [-0.39, 0.29) is 5.92 Å². The number of ether oxygens (including phenoxy) is 1. The molecule has 0 aromatic carbocycles. The molecule has 3 nitrogen and oxygen atoms in total. The van der Waals surface area contributed by atoms with Crippen LogP contribution in [0.5, 0.6) is 0 Å². The Kier molecular flexibility index (Phi) is 3.53. The van der Waals surface area contributed by atoms with Crippen LogP contribution in [0.25, 0.3) is 0 Å². The van der Waals surface area contributed by atoms with Gasteiger partial charge in [-0.25, -0.2) is 4.79 Å². The molecule has 0 saturated heterocycles. The molecule has 0 aromatic heterocycles. The number of hydrogen-bond donors (Lipinski definition) is 1. The Bertz CT molecular complexity index is 150. The third-order valence-corrected chi connectivity index (χ3v) is 2.54. The van der Waals surface area contributed by atoms with Gasteiger partial charge in [-0.1, -0.05) is 19.3 Å². The molecule has 0 spiro atoms. The van der Waals surface area contributed by atoms with Crippen LogP contribution in [0, 0.1) is 5.92 Å². The third kappa shape index (κ3) is 2.21. The number of methoxy groups -OCH3 is 1. The van der Waals surface area contributed by atoms with E-state index >= 15 is 0 Å². The van der Waals surface area contributed by atoms with Crippen molar-refractivity contribution in [2.24, 2.45) is 5.92 Å². The van der Waals surface area contributed by atoms with Gasteiger partial charge >= 0.3 is 5.97 Å². The van der Waals surface area contributed by atoms with Crippen molar-refractivity contribution in [3.8, 4) is 0 Å². The van der Waals surface area contributed by atoms with E-state index < -0.39 is 12.1 Å². The van der Waals surface area contributed by atoms with Gasteiger partial charge in [0, 0.05) is 0 Å². The lowest BCUT2D eigenvalue weighted by atomic mass is 9.85. The van der Waals surface area contributed by atoms with Crippen LogP contribution in [0.3, 0.4) is 0 Å². The molecule has 1 N–H and O–H groups in total. The van der Waals surface area contributed by atoms with E-state index in [1.165, 1.54) is 13.5 Å². The van der Waals surface area contributed by atoms with Crippen LogP contribution in [0.1, 0.15) is 32.1 Å². The highest BCUT2D eigenvalue weighted by Crippen LogP contribution is 2.26. The van der Waals surface area contributed by atoms with E-state index in [1.807, 2.05) is 0 Å². The molecule has 1 atom stereocenters. The quantitative estimate of drug-likeness (QED) is 0.634. The first-order chi connectivity index (χ1) is 5.75. The first-order valence-electron chi connectivity index (χ1n) is 4.51. The maximum absolute atomic E-state index is 10.9. The predicted octanol–water partition coefficient (Wildman–Crippen LogP) is 1.10. The largest absolute Gasteiger partial charge is 0.467 e. The number of aliphatic hydroxyl groups excluding tert-OH is 1. The highest BCUT2D eigenvalue weighted by atomic mass is 16.5. The van der Waals surface area contributed by atoms with Gasteiger partial charge in [-0.3, -0.25) is 0 Å². The molecule has 0 amide bonds. The smallest absolute Gasteiger partial charge is 0.334 e. The number of esters is 1. The molecule has 1 unspecified atom stereocenters. The van der Waals surface area contributed by atoms with E-state index in [9.17, 15) is 9.90 Å². The van der Waals surface area contributed by atoms with Crippen molar-refractivity contribution in [3.63, 3.8) is 0 Å². The summed E-state index contributed by atoms with van der Waals surface area (Å²) in [4.78, 5) is 10.9. The molecule has 1 aliphatic rings. The first-order valence-corrected chi connectivity index (χ1v) is 4.51. The summed E-state index contributed by atoms with van der Waals surface area (Å²) < 4.78 is 4.48. The van der Waals surface area contributed by atoms with Crippen LogP contribution in [0.15, 0.2) is 0 Å². The van der Waals surface area contributed by atoms with E-state index in [4.69, 9.17) is 0 Å². The van der Waals surface area contributed by atoms with Gasteiger partial charge in [-0.2, -0.15) is 0 Å². The Hall–Kier alpha value is -0.570. The molecule has 1 fully saturated rings. The minimum Gasteiger partial charge on any atom is -0.467 e. The van der Waals surface area contributed by atoms with Crippen molar-refractivity contribution in [1.82, 2.24) is 0 Å². The molecule has 0 aliphatic heterocycles. The van der Waals surface area contributed by atoms with Gasteiger partial charge in [-0.15, -0.1) is 0 Å². The highest BCUT2D eigenvalue weighted by molar-refractivity contribution is 5.74. The molecule has 0 bridgehead atoms. The summed E-state index contributed by atoms with van der Waals surface area (Å²) in [6.45, 7) is 0. The third-order valence-electron chi connectivity index (χ3n) is 2.54. The van der Waals surface area contributed by atoms with Crippen molar-refractivity contribution in [2.45, 2.75) is 38.2 Å². The van der Waals surface area contributed by atoms with Crippen LogP contribution in [-0.4, -0.2) is 24.3 Å². The van der Waals surface area contributed by atoms with Gasteiger partial charge in [0.2, 0.25) is 0 Å². The summed E-state index contributed by atoms with van der Waals surface area (Å²) >= 11 is 0. The summed E-state index contributed by atoms with van der Waals surface area (Å²) in [5, 5.41) is 9.47. The summed E-state index contributed by atoms with van der Waals surface area (Å²) in [7, 11) is 1.31. The van der Waals surface area contributed by atoms with Gasteiger partial charge in [0.15, 0.2) is 6.10 Å². The van der Waals surface area contributed by atoms with Crippen LogP contribution >= 0.6 is 0 Å². The lowest BCUT2D eigenvalue weighted by Crippen LogP contribution is -2.31. The van der Waals surface area contributed by atoms with Crippen LogP contribution in [0.2, 0.25) is 0 Å². The number of rotatable bonds is 2. The summed E-state index contributed by atoms with van der Waals surface area (Å²) in [6, 6.07) is 0. The highest BCUT2D eigenvalue weighted by Gasteiger charge is 2.27. The van der Waals surface area contributed by atoms with Crippen LogP contribution in [-0.2, 0) is 9.53 Å². The van der Waals surface area contributed by atoms with Crippen molar-refractivity contribution in [3.05, 3.63) is 0 Å². The second-order valence-electron chi connectivity index (χ2n) is 3.37. The maximum atomic E-state index is 10.9. The molecule has 0 aromatic rings. The normalized spacial score (nSPS) is 21.8. The fraction of sp³-hybridized carbons (Fsp3) is 0.889. The number of carbonyl (C=O) groups excluding carboxylic acids is 1. The Morgan fingerprint density at radius 2 is 2.00 bits per heavy atom. The number of carbonyl (C=O) groups is 1.